The Morgan fingerprint density at radius 3 is 2.58 bits per heavy atom. The van der Waals surface area contributed by atoms with Crippen LogP contribution in [0.15, 0.2) is 54.6 Å². The highest BCUT2D eigenvalue weighted by atomic mass is 19.1. The summed E-state index contributed by atoms with van der Waals surface area (Å²) in [6.45, 7) is 2.11. The maximum Gasteiger partial charge on any atom is 0.247 e. The fourth-order valence-corrected chi connectivity index (χ4v) is 2.27. The van der Waals surface area contributed by atoms with E-state index in [0.29, 0.717) is 23.5 Å². The molecule has 0 unspecified atom stereocenters. The predicted molar refractivity (Wildman–Crippen MR) is 99.3 cm³/mol. The quantitative estimate of drug-likeness (QED) is 0.774. The second-order valence-electron chi connectivity index (χ2n) is 5.52. The lowest BCUT2D eigenvalue weighted by molar-refractivity contribution is -0.130. The number of methoxy groups -OCH3 is 1. The van der Waals surface area contributed by atoms with Crippen molar-refractivity contribution in [2.24, 2.45) is 0 Å². The zero-order valence-electron chi connectivity index (χ0n) is 14.7. The summed E-state index contributed by atoms with van der Waals surface area (Å²) in [5, 5.41) is 2.74. The largest absolute Gasteiger partial charge is 0.497 e. The molecule has 26 heavy (non-hydrogen) atoms. The van der Waals surface area contributed by atoms with Gasteiger partial charge in [0, 0.05) is 24.4 Å². The first-order valence-electron chi connectivity index (χ1n) is 8.18. The molecular weight excluding hydrogens is 335 g/mol. The van der Waals surface area contributed by atoms with Crippen LogP contribution in [0.3, 0.4) is 0 Å². The molecule has 0 saturated carbocycles. The fraction of sp³-hybridized carbons (Fsp3) is 0.200. The summed E-state index contributed by atoms with van der Waals surface area (Å²) in [6.07, 6.45) is 2.96. The van der Waals surface area contributed by atoms with Crippen LogP contribution >= 0.6 is 0 Å². The van der Waals surface area contributed by atoms with E-state index in [-0.39, 0.29) is 24.2 Å². The smallest absolute Gasteiger partial charge is 0.247 e. The summed E-state index contributed by atoms with van der Waals surface area (Å²) in [6, 6.07) is 12.8. The van der Waals surface area contributed by atoms with E-state index < -0.39 is 0 Å². The molecule has 0 heterocycles. The molecule has 0 radical (unpaired) electrons. The SMILES string of the molecule is CCN(CC(=O)Nc1cccc(OC)c1)C(=O)/C=C/c1ccc(F)cc1. The van der Waals surface area contributed by atoms with Crippen molar-refractivity contribution >= 4 is 23.6 Å². The molecule has 0 bridgehead atoms. The van der Waals surface area contributed by atoms with Gasteiger partial charge < -0.3 is 15.0 Å². The Labute approximate surface area is 152 Å². The lowest BCUT2D eigenvalue weighted by Crippen LogP contribution is -2.36. The minimum Gasteiger partial charge on any atom is -0.497 e. The molecule has 0 aliphatic rings. The second-order valence-corrected chi connectivity index (χ2v) is 5.52. The average molecular weight is 356 g/mol. The molecule has 0 fully saturated rings. The molecule has 136 valence electrons. The van der Waals surface area contributed by atoms with Crippen molar-refractivity contribution in [1.82, 2.24) is 4.90 Å². The van der Waals surface area contributed by atoms with Crippen molar-refractivity contribution in [2.75, 3.05) is 25.5 Å². The molecule has 5 nitrogen and oxygen atoms in total. The number of likely N-dealkylation sites (N-methyl/N-ethyl adjacent to an activating group) is 1. The number of hydrogen-bond donors (Lipinski definition) is 1. The lowest BCUT2D eigenvalue weighted by Gasteiger charge is -2.18. The Balaban J connectivity index is 1.95. The van der Waals surface area contributed by atoms with E-state index in [1.165, 1.54) is 23.1 Å². The highest BCUT2D eigenvalue weighted by molar-refractivity contribution is 5.98. The molecule has 2 amide bonds. The molecule has 0 atom stereocenters. The van der Waals surface area contributed by atoms with Crippen LogP contribution in [0.1, 0.15) is 12.5 Å². The number of carbonyl (C=O) groups excluding carboxylic acids is 2. The van der Waals surface area contributed by atoms with Gasteiger partial charge in [-0.3, -0.25) is 9.59 Å². The van der Waals surface area contributed by atoms with E-state index in [2.05, 4.69) is 5.32 Å². The molecule has 0 aliphatic carbocycles. The van der Waals surface area contributed by atoms with Gasteiger partial charge in [-0.05, 0) is 42.8 Å². The third kappa shape index (κ3) is 5.73. The van der Waals surface area contributed by atoms with Crippen LogP contribution < -0.4 is 10.1 Å². The van der Waals surface area contributed by atoms with Gasteiger partial charge in [0.2, 0.25) is 11.8 Å². The number of nitrogens with zero attached hydrogens (tertiary/aromatic N) is 1. The molecule has 1 N–H and O–H groups in total. The Morgan fingerprint density at radius 2 is 1.92 bits per heavy atom. The number of halogens is 1. The van der Waals surface area contributed by atoms with E-state index in [9.17, 15) is 14.0 Å². The first-order chi connectivity index (χ1) is 12.5. The number of carbonyl (C=O) groups is 2. The normalized spacial score (nSPS) is 10.6. The van der Waals surface area contributed by atoms with Crippen LogP contribution in [0, 0.1) is 5.82 Å². The van der Waals surface area contributed by atoms with Gasteiger partial charge in [0.25, 0.3) is 0 Å². The minimum atomic E-state index is -0.335. The Hall–Kier alpha value is -3.15. The molecule has 0 saturated heterocycles. The van der Waals surface area contributed by atoms with E-state index in [1.54, 1.807) is 56.5 Å². The monoisotopic (exact) mass is 356 g/mol. The standard InChI is InChI=1S/C20H21FN2O3/c1-3-23(20(25)12-9-15-7-10-16(21)11-8-15)14-19(24)22-17-5-4-6-18(13-17)26-2/h4-13H,3,14H2,1-2H3,(H,22,24)/b12-9+. The third-order valence-electron chi connectivity index (χ3n) is 3.67. The Morgan fingerprint density at radius 1 is 1.19 bits per heavy atom. The molecule has 6 heteroatoms. The zero-order chi connectivity index (χ0) is 18.9. The molecule has 2 aromatic rings. The fourth-order valence-electron chi connectivity index (χ4n) is 2.27. The summed E-state index contributed by atoms with van der Waals surface area (Å²) in [7, 11) is 1.55. The predicted octanol–water partition coefficient (Wildman–Crippen LogP) is 3.33. The molecule has 2 rings (SSSR count). The van der Waals surface area contributed by atoms with Crippen molar-refractivity contribution in [3.8, 4) is 5.75 Å². The van der Waals surface area contributed by atoms with E-state index >= 15 is 0 Å². The summed E-state index contributed by atoms with van der Waals surface area (Å²) in [4.78, 5) is 25.9. The minimum absolute atomic E-state index is 0.0691. The molecule has 0 spiro atoms. The van der Waals surface area contributed by atoms with Gasteiger partial charge in [0.1, 0.15) is 18.1 Å². The van der Waals surface area contributed by atoms with E-state index in [1.807, 2.05) is 0 Å². The summed E-state index contributed by atoms with van der Waals surface area (Å²) in [5.41, 5.74) is 1.30. The number of amides is 2. The third-order valence-corrected chi connectivity index (χ3v) is 3.67. The van der Waals surface area contributed by atoms with Crippen molar-refractivity contribution in [1.29, 1.82) is 0 Å². The first-order valence-corrected chi connectivity index (χ1v) is 8.18. The van der Waals surface area contributed by atoms with Gasteiger partial charge in [-0.2, -0.15) is 0 Å². The van der Waals surface area contributed by atoms with Gasteiger partial charge in [-0.25, -0.2) is 4.39 Å². The number of benzene rings is 2. The summed E-state index contributed by atoms with van der Waals surface area (Å²) >= 11 is 0. The highest BCUT2D eigenvalue weighted by Crippen LogP contribution is 2.16. The van der Waals surface area contributed by atoms with Crippen LogP contribution in [0.5, 0.6) is 5.75 Å². The Bertz CT molecular complexity index is 788. The van der Waals surface area contributed by atoms with Gasteiger partial charge in [-0.1, -0.05) is 18.2 Å². The van der Waals surface area contributed by atoms with Gasteiger partial charge in [0.05, 0.1) is 7.11 Å². The van der Waals surface area contributed by atoms with Crippen LogP contribution in [0.2, 0.25) is 0 Å². The van der Waals surface area contributed by atoms with Crippen molar-refractivity contribution in [3.05, 3.63) is 66.0 Å². The number of ether oxygens (including phenoxy) is 1. The van der Waals surface area contributed by atoms with Crippen molar-refractivity contribution in [2.45, 2.75) is 6.92 Å². The first kappa shape index (κ1) is 19.2. The summed E-state index contributed by atoms with van der Waals surface area (Å²) < 4.78 is 18.0. The average Bonchev–Trinajstić information content (AvgIpc) is 2.65. The van der Waals surface area contributed by atoms with E-state index in [0.717, 1.165) is 0 Å². The number of rotatable bonds is 7. The van der Waals surface area contributed by atoms with Crippen molar-refractivity contribution in [3.63, 3.8) is 0 Å². The number of anilines is 1. The number of hydrogen-bond acceptors (Lipinski definition) is 3. The van der Waals surface area contributed by atoms with Crippen LogP contribution in [0.4, 0.5) is 10.1 Å². The zero-order valence-corrected chi connectivity index (χ0v) is 14.7. The van der Waals surface area contributed by atoms with Crippen LogP contribution in [0.25, 0.3) is 6.08 Å². The maximum absolute atomic E-state index is 12.9. The Kier molecular flexibility index (Phi) is 6.91. The summed E-state index contributed by atoms with van der Waals surface area (Å²) in [5.74, 6) is -0.299. The molecular formula is C20H21FN2O3. The van der Waals surface area contributed by atoms with Crippen LogP contribution in [-0.2, 0) is 9.59 Å². The highest BCUT2D eigenvalue weighted by Gasteiger charge is 2.13. The van der Waals surface area contributed by atoms with Crippen LogP contribution in [-0.4, -0.2) is 36.9 Å². The van der Waals surface area contributed by atoms with Gasteiger partial charge in [-0.15, -0.1) is 0 Å². The van der Waals surface area contributed by atoms with Gasteiger partial charge >= 0.3 is 0 Å². The molecule has 0 aromatic heterocycles. The van der Waals surface area contributed by atoms with E-state index in [4.69, 9.17) is 4.74 Å². The second kappa shape index (κ2) is 9.36. The lowest BCUT2D eigenvalue weighted by atomic mass is 10.2. The molecule has 2 aromatic carbocycles. The topological polar surface area (TPSA) is 58.6 Å². The number of nitrogens with one attached hydrogen (secondary N) is 1. The van der Waals surface area contributed by atoms with Crippen molar-refractivity contribution < 1.29 is 18.7 Å². The van der Waals surface area contributed by atoms with Gasteiger partial charge in [0.15, 0.2) is 0 Å². The molecule has 0 aliphatic heterocycles. The maximum atomic E-state index is 12.9.